The average Bonchev–Trinajstić information content (AvgIpc) is 2.68. The van der Waals surface area contributed by atoms with Gasteiger partial charge >= 0.3 is 6.18 Å². The highest BCUT2D eigenvalue weighted by molar-refractivity contribution is 7.97. The predicted molar refractivity (Wildman–Crippen MR) is 106 cm³/mol. The largest absolute Gasteiger partial charge is 0.417 e. The zero-order valence-corrected chi connectivity index (χ0v) is 16.3. The topological polar surface area (TPSA) is 45.2 Å². The second kappa shape index (κ2) is 8.86. The van der Waals surface area contributed by atoms with Crippen molar-refractivity contribution in [1.29, 1.82) is 0 Å². The third-order valence-corrected chi connectivity index (χ3v) is 5.35. The number of carbonyl (C=O) groups is 1. The number of halogens is 3. The lowest BCUT2D eigenvalue weighted by molar-refractivity contribution is -0.137. The molecule has 0 bridgehead atoms. The lowest BCUT2D eigenvalue weighted by atomic mass is 10.0. The van der Waals surface area contributed by atoms with Gasteiger partial charge in [-0.2, -0.15) is 24.9 Å². The summed E-state index contributed by atoms with van der Waals surface area (Å²) in [6, 6.07) is 10.1. The maximum atomic E-state index is 12.6. The summed E-state index contributed by atoms with van der Waals surface area (Å²) >= 11 is 1.71. The van der Waals surface area contributed by atoms with E-state index in [1.54, 1.807) is 17.8 Å². The van der Waals surface area contributed by atoms with Crippen LogP contribution in [0.2, 0.25) is 0 Å². The Hall–Kier alpha value is -2.22. The normalized spacial score (nSPS) is 15.5. The zero-order chi connectivity index (χ0) is 20.1. The molecule has 8 heteroatoms. The quantitative estimate of drug-likeness (QED) is 0.797. The molecule has 0 aliphatic carbocycles. The van der Waals surface area contributed by atoms with E-state index in [2.05, 4.69) is 10.3 Å². The second-order valence-corrected chi connectivity index (χ2v) is 7.64. The number of amides is 1. The average molecular weight is 409 g/mol. The summed E-state index contributed by atoms with van der Waals surface area (Å²) in [5.74, 6) is 1.30. The van der Waals surface area contributed by atoms with E-state index in [0.717, 1.165) is 36.4 Å². The summed E-state index contributed by atoms with van der Waals surface area (Å²) < 4.78 is 37.9. The molecule has 1 aromatic carbocycles. The van der Waals surface area contributed by atoms with Crippen molar-refractivity contribution in [3.05, 3.63) is 59.3 Å². The second-order valence-electron chi connectivity index (χ2n) is 6.77. The number of alkyl halides is 3. The van der Waals surface area contributed by atoms with Crippen LogP contribution in [0.4, 0.5) is 19.0 Å². The van der Waals surface area contributed by atoms with Crippen LogP contribution < -0.4 is 10.2 Å². The molecule has 28 heavy (non-hydrogen) atoms. The smallest absolute Gasteiger partial charge is 0.356 e. The van der Waals surface area contributed by atoms with Crippen molar-refractivity contribution >= 4 is 23.5 Å². The van der Waals surface area contributed by atoms with Gasteiger partial charge < -0.3 is 10.2 Å². The van der Waals surface area contributed by atoms with Crippen molar-refractivity contribution in [2.75, 3.05) is 24.2 Å². The Bertz CT molecular complexity index is 803. The van der Waals surface area contributed by atoms with Crippen LogP contribution in [-0.4, -0.2) is 36.3 Å². The van der Waals surface area contributed by atoms with Crippen LogP contribution in [0.15, 0.2) is 42.6 Å². The molecule has 4 nitrogen and oxygen atoms in total. The molecule has 1 fully saturated rings. The van der Waals surface area contributed by atoms with Gasteiger partial charge in [0, 0.05) is 36.6 Å². The van der Waals surface area contributed by atoms with Crippen LogP contribution in [0.25, 0.3) is 0 Å². The lowest BCUT2D eigenvalue weighted by Gasteiger charge is -2.33. The molecule has 0 spiro atoms. The van der Waals surface area contributed by atoms with Gasteiger partial charge in [-0.05, 0) is 48.9 Å². The van der Waals surface area contributed by atoms with Gasteiger partial charge in [0.25, 0.3) is 5.91 Å². The van der Waals surface area contributed by atoms with E-state index in [0.29, 0.717) is 24.5 Å². The van der Waals surface area contributed by atoms with Crippen molar-refractivity contribution in [2.45, 2.75) is 30.8 Å². The van der Waals surface area contributed by atoms with E-state index in [1.807, 2.05) is 29.4 Å². The van der Waals surface area contributed by atoms with Gasteiger partial charge in [-0.25, -0.2) is 4.98 Å². The monoisotopic (exact) mass is 409 g/mol. The number of rotatable bonds is 5. The molecule has 1 aromatic heterocycles. The van der Waals surface area contributed by atoms with Crippen molar-refractivity contribution in [3.63, 3.8) is 0 Å². The molecular weight excluding hydrogens is 387 g/mol. The summed E-state index contributed by atoms with van der Waals surface area (Å²) in [6.45, 7) is 1.27. The Balaban J connectivity index is 1.54. The highest BCUT2D eigenvalue weighted by Gasteiger charge is 2.31. The number of carbonyl (C=O) groups excluding carboxylic acids is 1. The molecule has 3 rings (SSSR count). The summed E-state index contributed by atoms with van der Waals surface area (Å²) in [4.78, 5) is 18.4. The fourth-order valence-corrected chi connectivity index (χ4v) is 3.74. The van der Waals surface area contributed by atoms with Crippen LogP contribution in [0.5, 0.6) is 0 Å². The van der Waals surface area contributed by atoms with Gasteiger partial charge in [0.1, 0.15) is 5.82 Å². The van der Waals surface area contributed by atoms with E-state index >= 15 is 0 Å². The summed E-state index contributed by atoms with van der Waals surface area (Å²) in [7, 11) is 0. The third kappa shape index (κ3) is 5.19. The maximum Gasteiger partial charge on any atom is 0.417 e. The van der Waals surface area contributed by atoms with E-state index < -0.39 is 11.7 Å². The SMILES string of the molecule is CSCc1cccc(C(=O)NC2CCN(c3ccc(C(F)(F)F)cn3)CC2)c1. The first-order chi connectivity index (χ1) is 13.4. The van der Waals surface area contributed by atoms with Crippen molar-refractivity contribution in [3.8, 4) is 0 Å². The number of thioether (sulfide) groups is 1. The number of piperidine rings is 1. The van der Waals surface area contributed by atoms with Crippen LogP contribution in [0, 0.1) is 0 Å². The Morgan fingerprint density at radius 2 is 2.00 bits per heavy atom. The molecule has 0 radical (unpaired) electrons. The Morgan fingerprint density at radius 3 is 2.61 bits per heavy atom. The van der Waals surface area contributed by atoms with Gasteiger partial charge in [-0.3, -0.25) is 4.79 Å². The fraction of sp³-hybridized carbons (Fsp3) is 0.400. The van der Waals surface area contributed by atoms with Crippen molar-refractivity contribution in [1.82, 2.24) is 10.3 Å². The minimum absolute atomic E-state index is 0.0439. The third-order valence-electron chi connectivity index (χ3n) is 4.73. The summed E-state index contributed by atoms with van der Waals surface area (Å²) in [6.07, 6.45) is -0.0510. The fourth-order valence-electron chi connectivity index (χ4n) is 3.23. The predicted octanol–water partition coefficient (Wildman–Crippen LogP) is 4.36. The molecule has 2 heterocycles. The number of pyridine rings is 1. The van der Waals surface area contributed by atoms with Crippen LogP contribution in [0.3, 0.4) is 0 Å². The number of hydrogen-bond donors (Lipinski definition) is 1. The van der Waals surface area contributed by atoms with E-state index in [4.69, 9.17) is 0 Å². The van der Waals surface area contributed by atoms with E-state index in [9.17, 15) is 18.0 Å². The molecule has 1 amide bonds. The minimum Gasteiger partial charge on any atom is -0.356 e. The first-order valence-electron chi connectivity index (χ1n) is 9.04. The molecule has 0 saturated carbocycles. The van der Waals surface area contributed by atoms with Gasteiger partial charge in [-0.1, -0.05) is 12.1 Å². The maximum absolute atomic E-state index is 12.6. The standard InChI is InChI=1S/C20H22F3N3OS/c1-28-13-14-3-2-4-15(11-14)19(27)25-17-7-9-26(10-8-17)18-6-5-16(12-24-18)20(21,22)23/h2-6,11-12,17H,7-10,13H2,1H3,(H,25,27). The van der Waals surface area contributed by atoms with Gasteiger partial charge in [0.05, 0.1) is 5.56 Å². The Morgan fingerprint density at radius 1 is 1.25 bits per heavy atom. The number of nitrogens with one attached hydrogen (secondary N) is 1. The van der Waals surface area contributed by atoms with Crippen LogP contribution in [0.1, 0.15) is 34.3 Å². The van der Waals surface area contributed by atoms with Gasteiger partial charge in [-0.15, -0.1) is 0 Å². The summed E-state index contributed by atoms with van der Waals surface area (Å²) in [5, 5.41) is 3.06. The molecule has 1 N–H and O–H groups in total. The highest BCUT2D eigenvalue weighted by atomic mass is 32.2. The number of anilines is 1. The van der Waals surface area contributed by atoms with Gasteiger partial charge in [0.15, 0.2) is 0 Å². The lowest BCUT2D eigenvalue weighted by Crippen LogP contribution is -2.45. The van der Waals surface area contributed by atoms with E-state index in [1.165, 1.54) is 6.07 Å². The van der Waals surface area contributed by atoms with Crippen molar-refractivity contribution < 1.29 is 18.0 Å². The van der Waals surface area contributed by atoms with Gasteiger partial charge in [0.2, 0.25) is 0 Å². The molecule has 1 aliphatic heterocycles. The Kier molecular flexibility index (Phi) is 6.49. The zero-order valence-electron chi connectivity index (χ0n) is 15.5. The molecule has 2 aromatic rings. The first kappa shape index (κ1) is 20.5. The molecular formula is C20H22F3N3OS. The number of aromatic nitrogens is 1. The molecule has 0 unspecified atom stereocenters. The molecule has 0 atom stereocenters. The summed E-state index contributed by atoms with van der Waals surface area (Å²) in [5.41, 5.74) is 1.02. The molecule has 150 valence electrons. The number of benzene rings is 1. The van der Waals surface area contributed by atoms with Crippen LogP contribution in [-0.2, 0) is 11.9 Å². The number of hydrogen-bond acceptors (Lipinski definition) is 4. The first-order valence-corrected chi connectivity index (χ1v) is 10.4. The van der Waals surface area contributed by atoms with Crippen LogP contribution >= 0.6 is 11.8 Å². The molecule has 1 saturated heterocycles. The minimum atomic E-state index is -4.38. The Labute approximate surface area is 166 Å². The highest BCUT2D eigenvalue weighted by Crippen LogP contribution is 2.29. The molecule has 1 aliphatic rings. The van der Waals surface area contributed by atoms with E-state index in [-0.39, 0.29) is 11.9 Å². The number of nitrogens with zero attached hydrogens (tertiary/aromatic N) is 2. The van der Waals surface area contributed by atoms with Crippen molar-refractivity contribution in [2.24, 2.45) is 0 Å².